The highest BCUT2D eigenvalue weighted by molar-refractivity contribution is 5.82. The van der Waals surface area contributed by atoms with Gasteiger partial charge in [0.25, 0.3) is 0 Å². The number of aromatic nitrogens is 4. The smallest absolute Gasteiger partial charge is 0.209 e. The first-order valence-electron chi connectivity index (χ1n) is 8.87. The van der Waals surface area contributed by atoms with Gasteiger partial charge in [-0.25, -0.2) is 15.0 Å². The molecule has 1 aromatic carbocycles. The van der Waals surface area contributed by atoms with Crippen LogP contribution >= 0.6 is 0 Å². The van der Waals surface area contributed by atoms with Crippen molar-refractivity contribution in [3.63, 3.8) is 0 Å². The molecule has 0 radical (unpaired) electrons. The largest absolute Gasteiger partial charge is 0.481 e. The zero-order valence-electron chi connectivity index (χ0n) is 15.2. The second-order valence-corrected chi connectivity index (χ2v) is 6.39. The van der Waals surface area contributed by atoms with Crippen LogP contribution < -0.4 is 10.5 Å². The molecule has 1 fully saturated rings. The number of hydrogen-bond acceptors (Lipinski definition) is 9. The number of anilines is 1. The molecular weight excluding hydrogens is 378 g/mol. The summed E-state index contributed by atoms with van der Waals surface area (Å²) in [6.45, 7) is -0.296. The van der Waals surface area contributed by atoms with Gasteiger partial charge in [-0.2, -0.15) is 0 Å². The maximum atomic E-state index is 10.3. The van der Waals surface area contributed by atoms with Gasteiger partial charge in [-0.05, 0) is 18.1 Å². The minimum Gasteiger partial charge on any atom is -0.481 e. The van der Waals surface area contributed by atoms with Crippen molar-refractivity contribution in [2.45, 2.75) is 24.5 Å². The number of aliphatic hydroxyl groups excluding tert-OH is 3. The van der Waals surface area contributed by atoms with Crippen LogP contribution in [-0.2, 0) is 4.74 Å². The molecule has 2 unspecified atom stereocenters. The summed E-state index contributed by atoms with van der Waals surface area (Å²) >= 11 is 0. The Morgan fingerprint density at radius 2 is 1.97 bits per heavy atom. The minimum atomic E-state index is -1.27. The third kappa shape index (κ3) is 3.72. The summed E-state index contributed by atoms with van der Waals surface area (Å²) in [6, 6.07) is 9.25. The highest BCUT2D eigenvalue weighted by atomic mass is 16.6. The number of fused-ring (bicyclic) bond motifs is 1. The lowest BCUT2D eigenvalue weighted by Gasteiger charge is -2.16. The zero-order chi connectivity index (χ0) is 20.4. The molecule has 3 heterocycles. The molecule has 0 amide bonds. The molecule has 150 valence electrons. The van der Waals surface area contributed by atoms with Gasteiger partial charge in [0.15, 0.2) is 17.7 Å². The quantitative estimate of drug-likeness (QED) is 0.425. The predicted molar refractivity (Wildman–Crippen MR) is 102 cm³/mol. The maximum Gasteiger partial charge on any atom is 0.209 e. The molecule has 29 heavy (non-hydrogen) atoms. The van der Waals surface area contributed by atoms with E-state index in [1.54, 1.807) is 0 Å². The number of hydrogen-bond donors (Lipinski definition) is 4. The van der Waals surface area contributed by atoms with E-state index < -0.39 is 31.1 Å². The van der Waals surface area contributed by atoms with E-state index in [4.69, 9.17) is 15.2 Å². The van der Waals surface area contributed by atoms with Crippen molar-refractivity contribution in [2.24, 2.45) is 0 Å². The van der Waals surface area contributed by atoms with Crippen LogP contribution in [-0.4, -0.2) is 66.4 Å². The van der Waals surface area contributed by atoms with Crippen molar-refractivity contribution < 1.29 is 24.8 Å². The van der Waals surface area contributed by atoms with E-state index in [9.17, 15) is 15.3 Å². The Kier molecular flexibility index (Phi) is 5.28. The Bertz CT molecular complexity index is 1060. The Morgan fingerprint density at radius 3 is 2.69 bits per heavy atom. The molecule has 1 saturated heterocycles. The average molecular weight is 397 g/mol. The van der Waals surface area contributed by atoms with Gasteiger partial charge in [-0.1, -0.05) is 24.1 Å². The van der Waals surface area contributed by atoms with Crippen molar-refractivity contribution in [3.8, 4) is 17.6 Å². The zero-order valence-corrected chi connectivity index (χ0v) is 15.2. The first-order chi connectivity index (χ1) is 14.1. The average Bonchev–Trinajstić information content (AvgIpc) is 3.28. The van der Waals surface area contributed by atoms with Crippen molar-refractivity contribution in [3.05, 3.63) is 42.5 Å². The molecule has 0 spiro atoms. The van der Waals surface area contributed by atoms with E-state index in [1.807, 2.05) is 30.3 Å². The lowest BCUT2D eigenvalue weighted by atomic mass is 10.1. The summed E-state index contributed by atoms with van der Waals surface area (Å²) in [5, 5.41) is 29.5. The standard InChI is InChI=1S/C19H19N5O5/c20-17-14-18(24(10-21-14)19-16(27)15(26)12(9-25)29-19)23-13(22-17)7-4-8-28-11-5-2-1-3-6-11/h1-3,5-6,10,12,15-16,19,25-27H,8-9H2,(H2,20,22,23)/t12-,15?,16?,19-/m1/s1. The van der Waals surface area contributed by atoms with Gasteiger partial charge < -0.3 is 30.5 Å². The van der Waals surface area contributed by atoms with Gasteiger partial charge in [0, 0.05) is 0 Å². The number of nitrogens with zero attached hydrogens (tertiary/aromatic N) is 4. The lowest BCUT2D eigenvalue weighted by Crippen LogP contribution is -2.33. The number of ether oxygens (including phenoxy) is 2. The molecule has 0 aliphatic carbocycles. The summed E-state index contributed by atoms with van der Waals surface area (Å²) in [6.07, 6.45) is -3.03. The third-order valence-corrected chi connectivity index (χ3v) is 4.49. The molecule has 4 rings (SSSR count). The van der Waals surface area contributed by atoms with Gasteiger partial charge in [0.1, 0.15) is 36.2 Å². The van der Waals surface area contributed by atoms with E-state index in [2.05, 4.69) is 26.8 Å². The van der Waals surface area contributed by atoms with Crippen molar-refractivity contribution >= 4 is 17.0 Å². The fourth-order valence-corrected chi connectivity index (χ4v) is 3.04. The van der Waals surface area contributed by atoms with Crippen LogP contribution in [0.4, 0.5) is 5.82 Å². The number of rotatable bonds is 4. The van der Waals surface area contributed by atoms with Crippen LogP contribution in [0.2, 0.25) is 0 Å². The van der Waals surface area contributed by atoms with Crippen LogP contribution in [0.3, 0.4) is 0 Å². The molecule has 3 aromatic rings. The van der Waals surface area contributed by atoms with E-state index in [-0.39, 0.29) is 18.2 Å². The van der Waals surface area contributed by atoms with Gasteiger partial charge in [0.05, 0.1) is 12.9 Å². The molecule has 2 aromatic heterocycles. The topological polar surface area (TPSA) is 149 Å². The number of aliphatic hydroxyl groups is 3. The number of nitrogen functional groups attached to an aromatic ring is 1. The summed E-state index contributed by atoms with van der Waals surface area (Å²) < 4.78 is 12.5. The molecule has 10 nitrogen and oxygen atoms in total. The normalized spacial score (nSPS) is 23.7. The molecule has 0 bridgehead atoms. The van der Waals surface area contributed by atoms with E-state index in [1.165, 1.54) is 10.9 Å². The first-order valence-corrected chi connectivity index (χ1v) is 8.87. The van der Waals surface area contributed by atoms with Crippen LogP contribution in [0.1, 0.15) is 12.1 Å². The fourth-order valence-electron chi connectivity index (χ4n) is 3.04. The molecule has 1 aliphatic heterocycles. The number of nitrogens with two attached hydrogens (primary N) is 1. The van der Waals surface area contributed by atoms with E-state index in [0.29, 0.717) is 16.9 Å². The molecular formula is C19H19N5O5. The van der Waals surface area contributed by atoms with Crippen molar-refractivity contribution in [1.29, 1.82) is 0 Å². The van der Waals surface area contributed by atoms with Crippen LogP contribution in [0.25, 0.3) is 11.2 Å². The number of benzene rings is 1. The summed E-state index contributed by atoms with van der Waals surface area (Å²) in [5.74, 6) is 6.57. The van der Waals surface area contributed by atoms with Crippen LogP contribution in [0.15, 0.2) is 36.7 Å². The second kappa shape index (κ2) is 8.02. The first kappa shape index (κ1) is 19.1. The lowest BCUT2D eigenvalue weighted by molar-refractivity contribution is -0.0511. The van der Waals surface area contributed by atoms with E-state index in [0.717, 1.165) is 0 Å². The molecule has 10 heteroatoms. The summed E-state index contributed by atoms with van der Waals surface area (Å²) in [4.78, 5) is 12.6. The highest BCUT2D eigenvalue weighted by Crippen LogP contribution is 2.31. The molecule has 1 aliphatic rings. The number of imidazole rings is 1. The summed E-state index contributed by atoms with van der Waals surface area (Å²) in [5.41, 5.74) is 6.57. The van der Waals surface area contributed by atoms with Crippen LogP contribution in [0, 0.1) is 11.8 Å². The Morgan fingerprint density at radius 1 is 1.17 bits per heavy atom. The Labute approximate surface area is 165 Å². The summed E-state index contributed by atoms with van der Waals surface area (Å²) in [7, 11) is 0. The van der Waals surface area contributed by atoms with Crippen molar-refractivity contribution in [1.82, 2.24) is 19.5 Å². The molecule has 0 saturated carbocycles. The van der Waals surface area contributed by atoms with Gasteiger partial charge in [-0.3, -0.25) is 4.57 Å². The van der Waals surface area contributed by atoms with Gasteiger partial charge in [0.2, 0.25) is 5.82 Å². The van der Waals surface area contributed by atoms with Crippen molar-refractivity contribution in [2.75, 3.05) is 18.9 Å². The predicted octanol–water partition coefficient (Wildman–Crippen LogP) is -0.550. The van der Waals surface area contributed by atoms with Gasteiger partial charge >= 0.3 is 0 Å². The second-order valence-electron chi connectivity index (χ2n) is 6.39. The molecule has 5 N–H and O–H groups in total. The molecule has 4 atom stereocenters. The Balaban J connectivity index is 1.58. The fraction of sp³-hybridized carbons (Fsp3) is 0.316. The van der Waals surface area contributed by atoms with Crippen LogP contribution in [0.5, 0.6) is 5.75 Å². The van der Waals surface area contributed by atoms with E-state index >= 15 is 0 Å². The Hall–Kier alpha value is -3.23. The maximum absolute atomic E-state index is 10.3. The highest BCUT2D eigenvalue weighted by Gasteiger charge is 2.44. The number of para-hydroxylation sites is 1. The van der Waals surface area contributed by atoms with Gasteiger partial charge in [-0.15, -0.1) is 0 Å². The minimum absolute atomic E-state index is 0.119. The monoisotopic (exact) mass is 397 g/mol. The third-order valence-electron chi connectivity index (χ3n) is 4.49. The SMILES string of the molecule is Nc1nc(C#CCOc2ccccc2)nc2c1ncn2[C@@H]1O[C@H](CO)C(O)C1O.